The maximum Gasteiger partial charge on any atom is 0.326 e. The Morgan fingerprint density at radius 2 is 2.14 bits per heavy atom. The molecule has 9 nitrogen and oxygen atoms in total. The van der Waals surface area contributed by atoms with E-state index in [1.54, 1.807) is 6.20 Å². The summed E-state index contributed by atoms with van der Waals surface area (Å²) in [5, 5.41) is 15.3. The number of rotatable bonds is 6. The number of nitrogens with zero attached hydrogens (tertiary/aromatic N) is 3. The van der Waals surface area contributed by atoms with Crippen molar-refractivity contribution in [3.05, 3.63) is 30.4 Å². The molecular formula is C12H13N5O4. The third-order valence-corrected chi connectivity index (χ3v) is 2.85. The van der Waals surface area contributed by atoms with Crippen LogP contribution in [0.1, 0.15) is 23.2 Å². The molecule has 2 amide bonds. The van der Waals surface area contributed by atoms with E-state index in [0.29, 0.717) is 5.52 Å². The van der Waals surface area contributed by atoms with Gasteiger partial charge in [0.15, 0.2) is 0 Å². The maximum absolute atomic E-state index is 12.1. The highest BCUT2D eigenvalue weighted by atomic mass is 16.4. The van der Waals surface area contributed by atoms with Crippen molar-refractivity contribution < 1.29 is 19.5 Å². The zero-order chi connectivity index (χ0) is 15.4. The Bertz CT molecular complexity index is 696. The molecule has 0 fully saturated rings. The molecule has 0 aliphatic carbocycles. The molecule has 0 spiro atoms. The van der Waals surface area contributed by atoms with E-state index in [4.69, 9.17) is 10.8 Å². The average molecular weight is 291 g/mol. The molecule has 1 atom stereocenters. The van der Waals surface area contributed by atoms with Crippen molar-refractivity contribution in [2.75, 3.05) is 0 Å². The lowest BCUT2D eigenvalue weighted by Gasteiger charge is -2.13. The average Bonchev–Trinajstić information content (AvgIpc) is 2.86. The smallest absolute Gasteiger partial charge is 0.326 e. The second kappa shape index (κ2) is 5.99. The van der Waals surface area contributed by atoms with Crippen LogP contribution < -0.4 is 11.1 Å². The summed E-state index contributed by atoms with van der Waals surface area (Å²) in [6.45, 7) is 0. The zero-order valence-corrected chi connectivity index (χ0v) is 10.9. The summed E-state index contributed by atoms with van der Waals surface area (Å²) in [7, 11) is 0. The Kier molecular flexibility index (Phi) is 4.12. The Morgan fingerprint density at radius 1 is 1.38 bits per heavy atom. The summed E-state index contributed by atoms with van der Waals surface area (Å²) in [4.78, 5) is 37.8. The predicted molar refractivity (Wildman–Crippen MR) is 70.3 cm³/mol. The quantitative estimate of drug-likeness (QED) is 0.635. The number of aromatic nitrogens is 3. The first-order valence-corrected chi connectivity index (χ1v) is 6.08. The molecule has 0 aromatic carbocycles. The molecule has 0 saturated carbocycles. The van der Waals surface area contributed by atoms with Crippen molar-refractivity contribution in [2.45, 2.75) is 18.9 Å². The number of fused-ring (bicyclic) bond motifs is 1. The van der Waals surface area contributed by atoms with Crippen molar-refractivity contribution in [3.63, 3.8) is 0 Å². The van der Waals surface area contributed by atoms with Gasteiger partial charge in [0.25, 0.3) is 5.91 Å². The second-order valence-electron chi connectivity index (χ2n) is 4.33. The Hall–Kier alpha value is -2.97. The number of carboxylic acid groups (broad SMARTS) is 1. The summed E-state index contributed by atoms with van der Waals surface area (Å²) in [5.74, 6) is -2.47. The molecular weight excluding hydrogens is 278 g/mol. The number of nitrogens with one attached hydrogen (secondary N) is 1. The fourth-order valence-electron chi connectivity index (χ4n) is 1.79. The zero-order valence-electron chi connectivity index (χ0n) is 10.9. The molecule has 2 aromatic rings. The normalized spacial score (nSPS) is 12.0. The van der Waals surface area contributed by atoms with Crippen LogP contribution in [0, 0.1) is 0 Å². The number of carbonyl (C=O) groups excluding carboxylic acids is 2. The summed E-state index contributed by atoms with van der Waals surface area (Å²) >= 11 is 0. The topological polar surface area (TPSA) is 140 Å². The highest BCUT2D eigenvalue weighted by molar-refractivity contribution is 6.02. The van der Waals surface area contributed by atoms with Gasteiger partial charge in [-0.1, -0.05) is 0 Å². The summed E-state index contributed by atoms with van der Waals surface area (Å²) in [5.41, 5.74) is 5.63. The highest BCUT2D eigenvalue weighted by Crippen LogP contribution is 2.09. The lowest BCUT2D eigenvalue weighted by molar-refractivity contribution is -0.139. The van der Waals surface area contributed by atoms with E-state index in [0.717, 1.165) is 0 Å². The lowest BCUT2D eigenvalue weighted by Crippen LogP contribution is -2.41. The summed E-state index contributed by atoms with van der Waals surface area (Å²) < 4.78 is 1.45. The van der Waals surface area contributed by atoms with Crippen LogP contribution in [0.3, 0.4) is 0 Å². The summed E-state index contributed by atoms with van der Waals surface area (Å²) in [6, 6.07) is -1.20. The van der Waals surface area contributed by atoms with E-state index in [1.165, 1.54) is 23.1 Å². The third-order valence-electron chi connectivity index (χ3n) is 2.85. The van der Waals surface area contributed by atoms with Crippen LogP contribution in [0.25, 0.3) is 5.52 Å². The van der Waals surface area contributed by atoms with E-state index >= 15 is 0 Å². The number of carboxylic acids is 1. The van der Waals surface area contributed by atoms with Crippen molar-refractivity contribution >= 4 is 23.3 Å². The minimum Gasteiger partial charge on any atom is -0.480 e. The molecule has 0 unspecified atom stereocenters. The van der Waals surface area contributed by atoms with E-state index in [9.17, 15) is 14.4 Å². The molecule has 2 heterocycles. The second-order valence-corrected chi connectivity index (χ2v) is 4.33. The number of primary amides is 1. The third kappa shape index (κ3) is 3.32. The van der Waals surface area contributed by atoms with Crippen LogP contribution >= 0.6 is 0 Å². The van der Waals surface area contributed by atoms with Gasteiger partial charge in [-0.05, 0) is 6.42 Å². The molecule has 0 bridgehead atoms. The fraction of sp³-hybridized carbons (Fsp3) is 0.250. The van der Waals surface area contributed by atoms with Crippen LogP contribution in [0.5, 0.6) is 0 Å². The molecule has 2 rings (SSSR count). The number of hydrogen-bond donors (Lipinski definition) is 3. The summed E-state index contributed by atoms with van der Waals surface area (Å²) in [6.07, 6.45) is 5.63. The number of carbonyl (C=O) groups is 3. The van der Waals surface area contributed by atoms with Crippen molar-refractivity contribution in [1.29, 1.82) is 0 Å². The van der Waals surface area contributed by atoms with Crippen LogP contribution in [0.4, 0.5) is 0 Å². The number of hydrogen-bond acceptors (Lipinski definition) is 5. The molecule has 21 heavy (non-hydrogen) atoms. The Morgan fingerprint density at radius 3 is 2.81 bits per heavy atom. The SMILES string of the molecule is NC(=O)CC[C@H](NC(=O)c1cnn2ccncc12)C(=O)O. The van der Waals surface area contributed by atoms with Crippen molar-refractivity contribution in [1.82, 2.24) is 19.9 Å². The number of aliphatic carboxylic acids is 1. The minimum atomic E-state index is -1.24. The van der Waals surface area contributed by atoms with Gasteiger partial charge in [-0.2, -0.15) is 5.10 Å². The molecule has 0 aliphatic heterocycles. The first kappa shape index (κ1) is 14.4. The van der Waals surface area contributed by atoms with E-state index in [-0.39, 0.29) is 18.4 Å². The van der Waals surface area contributed by atoms with Gasteiger partial charge in [0, 0.05) is 18.8 Å². The van der Waals surface area contributed by atoms with E-state index in [2.05, 4.69) is 15.4 Å². The lowest BCUT2D eigenvalue weighted by atomic mass is 10.1. The van der Waals surface area contributed by atoms with Gasteiger partial charge in [-0.3, -0.25) is 14.6 Å². The fourth-order valence-corrected chi connectivity index (χ4v) is 1.79. The molecule has 2 aromatic heterocycles. The largest absolute Gasteiger partial charge is 0.480 e. The number of amides is 2. The van der Waals surface area contributed by atoms with Gasteiger partial charge < -0.3 is 16.2 Å². The molecule has 0 aliphatic rings. The molecule has 0 saturated heterocycles. The molecule has 0 radical (unpaired) electrons. The van der Waals surface area contributed by atoms with E-state index in [1.807, 2.05) is 0 Å². The maximum atomic E-state index is 12.1. The standard InChI is InChI=1S/C12H13N5O4/c13-10(18)2-1-8(12(20)21)16-11(19)7-5-15-17-4-3-14-6-9(7)17/h3-6,8H,1-2H2,(H2,13,18)(H,16,19)(H,20,21)/t8-/m0/s1. The van der Waals surface area contributed by atoms with Gasteiger partial charge in [0.05, 0.1) is 23.5 Å². The molecule has 4 N–H and O–H groups in total. The van der Waals surface area contributed by atoms with Crippen LogP contribution in [-0.2, 0) is 9.59 Å². The van der Waals surface area contributed by atoms with Gasteiger partial charge in [0.2, 0.25) is 5.91 Å². The van der Waals surface area contributed by atoms with Gasteiger partial charge >= 0.3 is 5.97 Å². The van der Waals surface area contributed by atoms with Crippen molar-refractivity contribution in [2.24, 2.45) is 5.73 Å². The Labute approximate surface area is 118 Å². The van der Waals surface area contributed by atoms with Crippen molar-refractivity contribution in [3.8, 4) is 0 Å². The molecule has 110 valence electrons. The first-order valence-electron chi connectivity index (χ1n) is 6.08. The Balaban J connectivity index is 2.15. The van der Waals surface area contributed by atoms with Gasteiger partial charge in [-0.15, -0.1) is 0 Å². The minimum absolute atomic E-state index is 0.0755. The predicted octanol–water partition coefficient (Wildman–Crippen LogP) is -0.822. The number of nitrogens with two attached hydrogens (primary N) is 1. The van der Waals surface area contributed by atoms with Gasteiger partial charge in [0.1, 0.15) is 6.04 Å². The van der Waals surface area contributed by atoms with Crippen LogP contribution in [-0.4, -0.2) is 43.5 Å². The first-order chi connectivity index (χ1) is 9.99. The van der Waals surface area contributed by atoms with Crippen LogP contribution in [0.2, 0.25) is 0 Å². The van der Waals surface area contributed by atoms with Gasteiger partial charge in [-0.25, -0.2) is 9.31 Å². The van der Waals surface area contributed by atoms with E-state index < -0.39 is 23.8 Å². The molecule has 9 heteroatoms. The van der Waals surface area contributed by atoms with Crippen LogP contribution in [0.15, 0.2) is 24.8 Å². The monoisotopic (exact) mass is 291 g/mol. The highest BCUT2D eigenvalue weighted by Gasteiger charge is 2.22.